The minimum absolute atomic E-state index is 0.0656. The Morgan fingerprint density at radius 2 is 1.95 bits per heavy atom. The quantitative estimate of drug-likeness (QED) is 0.396. The Morgan fingerprint density at radius 1 is 1.30 bits per heavy atom. The molecule has 2 rings (SSSR count). The molecule has 0 fully saturated rings. The van der Waals surface area contributed by atoms with Crippen LogP contribution >= 0.6 is 0 Å². The highest BCUT2D eigenvalue weighted by Gasteiger charge is 2.31. The highest BCUT2D eigenvalue weighted by molar-refractivity contribution is 5.69. The summed E-state index contributed by atoms with van der Waals surface area (Å²) in [6, 6.07) is 4.55. The molecule has 1 heterocycles. The summed E-state index contributed by atoms with van der Waals surface area (Å²) < 4.78 is 44.3. The second-order valence-corrected chi connectivity index (χ2v) is 3.49. The second-order valence-electron chi connectivity index (χ2n) is 3.49. The number of hydrazine groups is 1. The molecule has 1 aromatic heterocycles. The summed E-state index contributed by atoms with van der Waals surface area (Å²) in [4.78, 5) is 14.2. The summed E-state index contributed by atoms with van der Waals surface area (Å²) in [5.74, 6) is 4.89. The molecule has 0 atom stereocenters. The van der Waals surface area contributed by atoms with Crippen molar-refractivity contribution in [2.24, 2.45) is 5.84 Å². The molecule has 10 heteroatoms. The molecule has 7 nitrogen and oxygen atoms in total. The van der Waals surface area contributed by atoms with E-state index in [0.717, 1.165) is 12.1 Å². The van der Waals surface area contributed by atoms with Crippen LogP contribution in [0.4, 0.5) is 19.2 Å². The van der Waals surface area contributed by atoms with Crippen LogP contribution in [0.1, 0.15) is 0 Å². The lowest BCUT2D eigenvalue weighted by Gasteiger charge is -2.08. The maximum Gasteiger partial charge on any atom is 0.573 e. The van der Waals surface area contributed by atoms with Crippen LogP contribution in [0.25, 0.3) is 11.4 Å². The van der Waals surface area contributed by atoms with Gasteiger partial charge < -0.3 is 9.26 Å². The molecule has 106 valence electrons. The van der Waals surface area contributed by atoms with Crippen molar-refractivity contribution in [3.05, 3.63) is 24.3 Å². The van der Waals surface area contributed by atoms with Crippen LogP contribution in [-0.4, -0.2) is 22.9 Å². The van der Waals surface area contributed by atoms with Crippen molar-refractivity contribution in [1.82, 2.24) is 10.1 Å². The molecule has 0 radical (unpaired) electrons. The molecule has 0 aliphatic heterocycles. The monoisotopic (exact) mass is 288 g/mol. The number of hydrogen-bond acceptors (Lipinski definition) is 6. The predicted molar refractivity (Wildman–Crippen MR) is 59.1 cm³/mol. The molecule has 1 aromatic carbocycles. The summed E-state index contributed by atoms with van der Waals surface area (Å²) in [5.41, 5.74) is 0.369. The normalized spacial score (nSPS) is 11.2. The van der Waals surface area contributed by atoms with E-state index in [1.807, 2.05) is 0 Å². The third-order valence-electron chi connectivity index (χ3n) is 2.10. The molecule has 2 aromatic rings. The van der Waals surface area contributed by atoms with Crippen LogP contribution in [0.3, 0.4) is 0 Å². The van der Waals surface area contributed by atoms with Gasteiger partial charge in [-0.25, -0.2) is 5.84 Å². The zero-order valence-electron chi connectivity index (χ0n) is 9.66. The fourth-order valence-corrected chi connectivity index (χ4v) is 1.29. The second kappa shape index (κ2) is 5.17. The smallest absolute Gasteiger partial charge is 0.406 e. The predicted octanol–water partition coefficient (Wildman–Crippen LogP) is 1.47. The molecule has 0 saturated heterocycles. The Morgan fingerprint density at radius 3 is 2.50 bits per heavy atom. The average molecular weight is 288 g/mol. The zero-order chi connectivity index (χ0) is 14.8. The van der Waals surface area contributed by atoms with Crippen LogP contribution in [0, 0.1) is 0 Å². The minimum Gasteiger partial charge on any atom is -0.406 e. The van der Waals surface area contributed by atoms with Gasteiger partial charge in [0.2, 0.25) is 12.2 Å². The molecule has 0 saturated carbocycles. The van der Waals surface area contributed by atoms with Gasteiger partial charge in [0.05, 0.1) is 0 Å². The number of anilines is 1. The third-order valence-corrected chi connectivity index (χ3v) is 2.10. The van der Waals surface area contributed by atoms with Gasteiger partial charge in [-0.2, -0.15) is 9.99 Å². The summed E-state index contributed by atoms with van der Waals surface area (Å²) in [5, 5.41) is 4.10. The van der Waals surface area contributed by atoms with E-state index in [2.05, 4.69) is 19.4 Å². The van der Waals surface area contributed by atoms with Crippen molar-refractivity contribution in [3.63, 3.8) is 0 Å². The molecular formula is C10H7F3N4O3. The number of alkyl halides is 3. The van der Waals surface area contributed by atoms with E-state index in [1.54, 1.807) is 0 Å². The number of amides is 1. The Balaban J connectivity index is 2.17. The number of carbonyl (C=O) groups excluding carboxylic acids is 1. The zero-order valence-corrected chi connectivity index (χ0v) is 9.66. The van der Waals surface area contributed by atoms with Crippen LogP contribution in [0.5, 0.6) is 5.75 Å². The van der Waals surface area contributed by atoms with Crippen molar-refractivity contribution in [2.75, 3.05) is 5.01 Å². The number of nitrogens with zero attached hydrogens (tertiary/aromatic N) is 3. The van der Waals surface area contributed by atoms with Crippen molar-refractivity contribution in [3.8, 4) is 17.1 Å². The van der Waals surface area contributed by atoms with Crippen molar-refractivity contribution < 1.29 is 27.2 Å². The van der Waals surface area contributed by atoms with Crippen LogP contribution in [0.2, 0.25) is 0 Å². The molecule has 0 bridgehead atoms. The highest BCUT2D eigenvalue weighted by atomic mass is 19.4. The maximum atomic E-state index is 12.0. The van der Waals surface area contributed by atoms with Gasteiger partial charge in [-0.1, -0.05) is 5.16 Å². The summed E-state index contributed by atoms with van der Waals surface area (Å²) in [6.07, 6.45) is -4.50. The number of aromatic nitrogens is 2. The maximum absolute atomic E-state index is 12.0. The van der Waals surface area contributed by atoms with Gasteiger partial charge >= 0.3 is 12.4 Å². The van der Waals surface area contributed by atoms with Crippen molar-refractivity contribution in [2.45, 2.75) is 6.36 Å². The summed E-state index contributed by atoms with van der Waals surface area (Å²) in [6.45, 7) is 0. The molecule has 20 heavy (non-hydrogen) atoms. The minimum atomic E-state index is -4.76. The topological polar surface area (TPSA) is 94.5 Å². The first kappa shape index (κ1) is 13.8. The van der Waals surface area contributed by atoms with Gasteiger partial charge in [-0.05, 0) is 24.3 Å². The van der Waals surface area contributed by atoms with Gasteiger partial charge in [-0.15, -0.1) is 13.2 Å². The van der Waals surface area contributed by atoms with Crippen LogP contribution in [-0.2, 0) is 4.79 Å². The first-order chi connectivity index (χ1) is 9.39. The first-order valence-corrected chi connectivity index (χ1v) is 5.08. The number of benzene rings is 1. The fourth-order valence-electron chi connectivity index (χ4n) is 1.29. The summed E-state index contributed by atoms with van der Waals surface area (Å²) >= 11 is 0. The lowest BCUT2D eigenvalue weighted by Crippen LogP contribution is -2.28. The van der Waals surface area contributed by atoms with E-state index in [-0.39, 0.29) is 24.0 Å². The van der Waals surface area contributed by atoms with Crippen molar-refractivity contribution >= 4 is 12.4 Å². The molecular weight excluding hydrogens is 281 g/mol. The first-order valence-electron chi connectivity index (χ1n) is 5.08. The largest absolute Gasteiger partial charge is 0.573 e. The molecule has 1 amide bonds. The Kier molecular flexibility index (Phi) is 3.57. The summed E-state index contributed by atoms with van der Waals surface area (Å²) in [7, 11) is 0. The Bertz CT molecular complexity index is 597. The van der Waals surface area contributed by atoms with Gasteiger partial charge in [0.25, 0.3) is 0 Å². The third kappa shape index (κ3) is 3.23. The number of rotatable bonds is 4. The standard InChI is InChI=1S/C10H7F3N4O3/c11-10(12,13)19-7-3-1-6(2-4-7)8-15-9(20-16-8)17(14)5-18/h1-5H,14H2. The van der Waals surface area contributed by atoms with E-state index in [4.69, 9.17) is 5.84 Å². The molecule has 0 spiro atoms. The molecule has 0 aliphatic rings. The van der Waals surface area contributed by atoms with E-state index in [9.17, 15) is 18.0 Å². The number of nitrogens with two attached hydrogens (primary N) is 1. The fraction of sp³-hybridized carbons (Fsp3) is 0.100. The van der Waals surface area contributed by atoms with Crippen LogP contribution in [0.15, 0.2) is 28.8 Å². The van der Waals surface area contributed by atoms with Crippen molar-refractivity contribution in [1.29, 1.82) is 0 Å². The van der Waals surface area contributed by atoms with Gasteiger partial charge in [-0.3, -0.25) is 4.79 Å². The lowest BCUT2D eigenvalue weighted by molar-refractivity contribution is -0.274. The van der Waals surface area contributed by atoms with E-state index in [0.29, 0.717) is 10.6 Å². The van der Waals surface area contributed by atoms with Gasteiger partial charge in [0.1, 0.15) is 5.75 Å². The molecule has 0 aliphatic carbocycles. The molecule has 0 unspecified atom stereocenters. The SMILES string of the molecule is NN(C=O)c1nc(-c2ccc(OC(F)(F)F)cc2)no1. The van der Waals surface area contributed by atoms with E-state index < -0.39 is 6.36 Å². The average Bonchev–Trinajstić information content (AvgIpc) is 2.86. The van der Waals surface area contributed by atoms with Gasteiger partial charge in [0.15, 0.2) is 0 Å². The highest BCUT2D eigenvalue weighted by Crippen LogP contribution is 2.25. The number of carbonyl (C=O) groups is 1. The Labute approximate surface area is 109 Å². The molecule has 2 N–H and O–H groups in total. The number of ether oxygens (including phenoxy) is 1. The number of hydrogen-bond donors (Lipinski definition) is 1. The number of halogens is 3. The van der Waals surface area contributed by atoms with Crippen LogP contribution < -0.4 is 15.6 Å². The lowest BCUT2D eigenvalue weighted by atomic mass is 10.2. The Hall–Kier alpha value is -2.62. The van der Waals surface area contributed by atoms with E-state index >= 15 is 0 Å². The van der Waals surface area contributed by atoms with Gasteiger partial charge in [0, 0.05) is 5.56 Å². The van der Waals surface area contributed by atoms with E-state index in [1.165, 1.54) is 12.1 Å².